The van der Waals surface area contributed by atoms with Gasteiger partial charge in [0.25, 0.3) is 0 Å². The predicted molar refractivity (Wildman–Crippen MR) is 55.7 cm³/mol. The van der Waals surface area contributed by atoms with Gasteiger partial charge in [-0.1, -0.05) is 12.1 Å². The second-order valence-corrected chi connectivity index (χ2v) is 4.13. The maximum Gasteiger partial charge on any atom is 0.122 e. The van der Waals surface area contributed by atoms with E-state index in [0.29, 0.717) is 17.7 Å². The number of aliphatic hydroxyl groups is 1. The lowest BCUT2D eigenvalue weighted by Crippen LogP contribution is -2.13. The van der Waals surface area contributed by atoms with Crippen LogP contribution in [0.5, 0.6) is 5.75 Å². The van der Waals surface area contributed by atoms with Crippen LogP contribution >= 0.6 is 0 Å². The maximum atomic E-state index is 12.8. The van der Waals surface area contributed by atoms with Gasteiger partial charge in [-0.2, -0.15) is 0 Å². The third kappa shape index (κ3) is 2.12. The first kappa shape index (κ1) is 10.4. The molecular weight excluding hydrogens is 195 g/mol. The molecule has 0 aromatic heterocycles. The molecule has 1 aromatic carbocycles. The summed E-state index contributed by atoms with van der Waals surface area (Å²) in [6.07, 6.45) is 2.10. The monoisotopic (exact) mass is 210 g/mol. The molecule has 1 aliphatic rings. The molecule has 2 rings (SSSR count). The zero-order chi connectivity index (χ0) is 10.9. The number of hydrogen-bond donors (Lipinski definition) is 1. The number of hydrogen-bond acceptors (Lipinski definition) is 2. The molecule has 15 heavy (non-hydrogen) atoms. The SMILES string of the molecule is COc1cccc(CF)c1CC1(O)CC1. The van der Waals surface area contributed by atoms with Crippen molar-refractivity contribution in [3.63, 3.8) is 0 Å². The molecule has 1 saturated carbocycles. The van der Waals surface area contributed by atoms with Crippen molar-refractivity contribution in [1.29, 1.82) is 0 Å². The summed E-state index contributed by atoms with van der Waals surface area (Å²) in [5.74, 6) is 0.672. The molecule has 0 atom stereocenters. The molecule has 0 amide bonds. The molecule has 2 nitrogen and oxygen atoms in total. The van der Waals surface area contributed by atoms with E-state index in [9.17, 15) is 9.50 Å². The molecule has 0 spiro atoms. The van der Waals surface area contributed by atoms with Crippen molar-refractivity contribution in [3.8, 4) is 5.75 Å². The van der Waals surface area contributed by atoms with E-state index in [1.165, 1.54) is 0 Å². The number of benzene rings is 1. The van der Waals surface area contributed by atoms with Crippen molar-refractivity contribution < 1.29 is 14.2 Å². The van der Waals surface area contributed by atoms with Crippen molar-refractivity contribution in [2.75, 3.05) is 7.11 Å². The normalized spacial score (nSPS) is 17.5. The quantitative estimate of drug-likeness (QED) is 0.825. The summed E-state index contributed by atoms with van der Waals surface area (Å²) in [7, 11) is 1.57. The molecule has 3 heteroatoms. The molecule has 82 valence electrons. The first-order valence-electron chi connectivity index (χ1n) is 5.12. The number of alkyl halides is 1. The first-order chi connectivity index (χ1) is 7.18. The highest BCUT2D eigenvalue weighted by molar-refractivity contribution is 5.41. The van der Waals surface area contributed by atoms with Crippen LogP contribution in [0.15, 0.2) is 18.2 Å². The van der Waals surface area contributed by atoms with Gasteiger partial charge in [0, 0.05) is 12.0 Å². The molecule has 0 heterocycles. The molecular formula is C12H15FO2. The Morgan fingerprint density at radius 2 is 2.20 bits per heavy atom. The maximum absolute atomic E-state index is 12.8. The summed E-state index contributed by atoms with van der Waals surface area (Å²) >= 11 is 0. The van der Waals surface area contributed by atoms with Crippen LogP contribution in [0.2, 0.25) is 0 Å². The van der Waals surface area contributed by atoms with Crippen LogP contribution in [0.1, 0.15) is 24.0 Å². The molecule has 0 radical (unpaired) electrons. The Hall–Kier alpha value is -1.09. The predicted octanol–water partition coefficient (Wildman–Crippen LogP) is 2.23. The van der Waals surface area contributed by atoms with Crippen molar-refractivity contribution >= 4 is 0 Å². The largest absolute Gasteiger partial charge is 0.496 e. The second-order valence-electron chi connectivity index (χ2n) is 4.13. The van der Waals surface area contributed by atoms with E-state index < -0.39 is 12.3 Å². The van der Waals surface area contributed by atoms with Gasteiger partial charge in [0.1, 0.15) is 12.4 Å². The van der Waals surface area contributed by atoms with Gasteiger partial charge in [-0.3, -0.25) is 0 Å². The minimum absolute atomic E-state index is 0.496. The third-order valence-corrected chi connectivity index (χ3v) is 2.93. The Morgan fingerprint density at radius 1 is 1.47 bits per heavy atom. The van der Waals surface area contributed by atoms with Crippen LogP contribution in [0.4, 0.5) is 4.39 Å². The standard InChI is InChI=1S/C12H15FO2/c1-15-11-4-2-3-9(8-13)10(11)7-12(14)5-6-12/h2-4,14H,5-8H2,1H3. The Balaban J connectivity index is 2.32. The molecule has 1 aliphatic carbocycles. The Bertz CT molecular complexity index is 336. The van der Waals surface area contributed by atoms with Crippen LogP contribution in [-0.4, -0.2) is 17.8 Å². The van der Waals surface area contributed by atoms with Crippen molar-refractivity contribution in [3.05, 3.63) is 29.3 Å². The fourth-order valence-corrected chi connectivity index (χ4v) is 1.78. The van der Waals surface area contributed by atoms with E-state index in [0.717, 1.165) is 18.4 Å². The second kappa shape index (κ2) is 3.81. The zero-order valence-electron chi connectivity index (χ0n) is 8.79. The Labute approximate surface area is 88.7 Å². The summed E-state index contributed by atoms with van der Waals surface area (Å²) < 4.78 is 17.9. The highest BCUT2D eigenvalue weighted by Crippen LogP contribution is 2.41. The lowest BCUT2D eigenvalue weighted by Gasteiger charge is -2.14. The van der Waals surface area contributed by atoms with Crippen molar-refractivity contribution in [2.45, 2.75) is 31.5 Å². The third-order valence-electron chi connectivity index (χ3n) is 2.93. The fourth-order valence-electron chi connectivity index (χ4n) is 1.78. The van der Waals surface area contributed by atoms with Crippen molar-refractivity contribution in [2.24, 2.45) is 0 Å². The minimum atomic E-state index is -0.613. The van der Waals surface area contributed by atoms with Gasteiger partial charge in [0.2, 0.25) is 0 Å². The van der Waals surface area contributed by atoms with Gasteiger partial charge in [-0.25, -0.2) is 4.39 Å². The molecule has 0 bridgehead atoms. The summed E-state index contributed by atoms with van der Waals surface area (Å²) in [6.45, 7) is -0.511. The fraction of sp³-hybridized carbons (Fsp3) is 0.500. The van der Waals surface area contributed by atoms with Crippen molar-refractivity contribution in [1.82, 2.24) is 0 Å². The number of halogens is 1. The average molecular weight is 210 g/mol. The molecule has 1 N–H and O–H groups in total. The molecule has 1 fully saturated rings. The van der Waals surface area contributed by atoms with Crippen LogP contribution in [0, 0.1) is 0 Å². The highest BCUT2D eigenvalue weighted by atomic mass is 19.1. The first-order valence-corrected chi connectivity index (χ1v) is 5.12. The van der Waals surface area contributed by atoms with E-state index >= 15 is 0 Å². The van der Waals surface area contributed by atoms with Crippen LogP contribution < -0.4 is 4.74 Å². The number of rotatable bonds is 4. The average Bonchev–Trinajstić information content (AvgIpc) is 2.96. The number of methoxy groups -OCH3 is 1. The smallest absolute Gasteiger partial charge is 0.122 e. The van der Waals surface area contributed by atoms with Crippen LogP contribution in [-0.2, 0) is 13.1 Å². The van der Waals surface area contributed by atoms with Crippen LogP contribution in [0.25, 0.3) is 0 Å². The van der Waals surface area contributed by atoms with Gasteiger partial charge >= 0.3 is 0 Å². The van der Waals surface area contributed by atoms with Crippen LogP contribution in [0.3, 0.4) is 0 Å². The zero-order valence-corrected chi connectivity index (χ0v) is 8.79. The van der Waals surface area contributed by atoms with E-state index in [2.05, 4.69) is 0 Å². The van der Waals surface area contributed by atoms with E-state index in [-0.39, 0.29) is 0 Å². The topological polar surface area (TPSA) is 29.5 Å². The Morgan fingerprint density at radius 3 is 2.73 bits per heavy atom. The summed E-state index contributed by atoms with van der Waals surface area (Å²) in [5.41, 5.74) is 0.815. The van der Waals surface area contributed by atoms with E-state index in [1.807, 2.05) is 0 Å². The number of ether oxygens (including phenoxy) is 1. The summed E-state index contributed by atoms with van der Waals surface area (Å²) in [4.78, 5) is 0. The molecule has 0 saturated heterocycles. The summed E-state index contributed by atoms with van der Waals surface area (Å²) in [5, 5.41) is 9.84. The Kier molecular flexibility index (Phi) is 2.65. The molecule has 0 aliphatic heterocycles. The minimum Gasteiger partial charge on any atom is -0.496 e. The van der Waals surface area contributed by atoms with Gasteiger partial charge < -0.3 is 9.84 Å². The van der Waals surface area contributed by atoms with Gasteiger partial charge in [-0.05, 0) is 24.5 Å². The van der Waals surface area contributed by atoms with Gasteiger partial charge in [-0.15, -0.1) is 0 Å². The highest BCUT2D eigenvalue weighted by Gasteiger charge is 2.41. The van der Waals surface area contributed by atoms with Gasteiger partial charge in [0.15, 0.2) is 0 Å². The molecule has 1 aromatic rings. The van der Waals surface area contributed by atoms with E-state index in [1.54, 1.807) is 25.3 Å². The lowest BCUT2D eigenvalue weighted by atomic mass is 10.00. The summed E-state index contributed by atoms with van der Waals surface area (Å²) in [6, 6.07) is 5.32. The molecule has 0 unspecified atom stereocenters. The van der Waals surface area contributed by atoms with Gasteiger partial charge in [0.05, 0.1) is 12.7 Å². The van der Waals surface area contributed by atoms with E-state index in [4.69, 9.17) is 4.74 Å². The lowest BCUT2D eigenvalue weighted by molar-refractivity contribution is 0.149.